The predicted molar refractivity (Wildman–Crippen MR) is 140 cm³/mol. The number of halogens is 2. The average Bonchev–Trinajstić information content (AvgIpc) is 2.89. The first-order chi connectivity index (χ1) is 19.8. The minimum Gasteiger partial charge on any atom is -0.507 e. The lowest BCUT2D eigenvalue weighted by Gasteiger charge is -2.13. The number of aromatic nitrogens is 3. The van der Waals surface area contributed by atoms with E-state index in [0.29, 0.717) is 12.0 Å². The summed E-state index contributed by atoms with van der Waals surface area (Å²) in [7, 11) is -9.69. The molecule has 0 aliphatic rings. The average molecular weight is 648 g/mol. The molecule has 0 spiro atoms. The number of rotatable bonds is 11. The molecule has 4 aromatic rings. The van der Waals surface area contributed by atoms with E-state index in [4.69, 9.17) is 5.26 Å². The van der Waals surface area contributed by atoms with Gasteiger partial charge in [-0.15, -0.1) is 14.6 Å². The molecular weight excluding hydrogens is 632 g/mol. The van der Waals surface area contributed by atoms with Crippen molar-refractivity contribution in [3.8, 4) is 5.75 Å². The molecule has 6 N–H and O–H groups in total. The smallest absolute Gasteiger partial charge is 0.315 e. The van der Waals surface area contributed by atoms with Gasteiger partial charge in [-0.25, -0.2) is 5.26 Å². The molecule has 17 nitrogen and oxygen atoms in total. The number of anilines is 3. The van der Waals surface area contributed by atoms with Gasteiger partial charge in [0.25, 0.3) is 20.2 Å². The highest BCUT2D eigenvalue weighted by Gasteiger charge is 2.20. The lowest BCUT2D eigenvalue weighted by Crippen LogP contribution is -2.05. The molecule has 0 bridgehead atoms. The number of hydrogen-bond acceptors (Lipinski definition) is 16. The van der Waals surface area contributed by atoms with Crippen molar-refractivity contribution in [3.63, 3.8) is 0 Å². The maximum atomic E-state index is 13.3. The van der Waals surface area contributed by atoms with Gasteiger partial charge in [0.2, 0.25) is 5.95 Å². The second kappa shape index (κ2) is 12.4. The Labute approximate surface area is 237 Å². The van der Waals surface area contributed by atoms with Gasteiger partial charge in [-0.1, -0.05) is 11.1 Å². The number of aromatic hydroxyl groups is 1. The largest absolute Gasteiger partial charge is 0.507 e. The van der Waals surface area contributed by atoms with Crippen molar-refractivity contribution >= 4 is 71.7 Å². The van der Waals surface area contributed by atoms with E-state index >= 15 is 0 Å². The summed E-state index contributed by atoms with van der Waals surface area (Å²) >= 11 is 0.586. The molecule has 0 fully saturated rings. The van der Waals surface area contributed by atoms with Gasteiger partial charge >= 0.3 is 12.2 Å². The van der Waals surface area contributed by atoms with Crippen LogP contribution in [0.15, 0.2) is 62.5 Å². The molecular formula is C20H15F2N7O10S3. The molecule has 0 radical (unpaired) electrons. The van der Waals surface area contributed by atoms with E-state index in [1.54, 1.807) is 0 Å². The van der Waals surface area contributed by atoms with Crippen LogP contribution < -0.4 is 10.6 Å². The second-order valence-electron chi connectivity index (χ2n) is 7.74. The van der Waals surface area contributed by atoms with Crippen LogP contribution in [0.1, 0.15) is 0 Å². The summed E-state index contributed by atoms with van der Waals surface area (Å²) in [6, 6.07) is 7.58. The zero-order valence-corrected chi connectivity index (χ0v) is 22.7. The first kappa shape index (κ1) is 30.8. The van der Waals surface area contributed by atoms with Crippen molar-refractivity contribution in [2.24, 2.45) is 10.2 Å². The first-order valence-corrected chi connectivity index (χ1v) is 14.5. The van der Waals surface area contributed by atoms with Gasteiger partial charge in [0, 0.05) is 11.8 Å². The number of hydrogen-bond donors (Lipinski definition) is 6. The van der Waals surface area contributed by atoms with E-state index in [2.05, 4.69) is 45.2 Å². The van der Waals surface area contributed by atoms with Gasteiger partial charge in [-0.05, 0) is 35.7 Å². The zero-order valence-electron chi connectivity index (χ0n) is 20.2. The number of benzene rings is 3. The maximum absolute atomic E-state index is 13.3. The molecule has 0 aliphatic carbocycles. The molecule has 0 amide bonds. The van der Waals surface area contributed by atoms with Crippen LogP contribution in [-0.4, -0.2) is 57.1 Å². The Bertz CT molecular complexity index is 1890. The van der Waals surface area contributed by atoms with Crippen molar-refractivity contribution in [2.45, 2.75) is 9.79 Å². The highest BCUT2D eigenvalue weighted by Crippen LogP contribution is 2.42. The van der Waals surface area contributed by atoms with Crippen LogP contribution in [-0.2, 0) is 29.6 Å². The Morgan fingerprint density at radius 1 is 0.929 bits per heavy atom. The molecule has 0 aliphatic heterocycles. The van der Waals surface area contributed by atoms with Crippen molar-refractivity contribution < 1.29 is 54.5 Å². The quantitative estimate of drug-likeness (QED) is 0.0255. The molecule has 1 heterocycles. The summed E-state index contributed by atoms with van der Waals surface area (Å²) in [5, 5.41) is 35.4. The van der Waals surface area contributed by atoms with Crippen molar-refractivity contribution in [3.05, 3.63) is 54.6 Å². The third-order valence-electron chi connectivity index (χ3n) is 5.07. The minimum atomic E-state index is -4.98. The van der Waals surface area contributed by atoms with Crippen LogP contribution in [0.25, 0.3) is 10.8 Å². The SMILES string of the molecule is O=S(=O)(O)c1cc(O)c2c(N=Nc3ccc(Nc4nc(F)nc(F)n4)cc3S(=O)(=O)O)c(NCSOOO)ccc2c1. The standard InChI is InChI=1S/C20H15F2N7O10S3/c21-18-25-19(22)27-20(26-18)24-10-2-4-12(15(6-10)42(35,36)37)28-29-17-13(23-8-40-39-38-31)3-1-9-5-11(41(32,33)34)7-14(30)16(9)17/h1-7,23,30-31H,8H2,(H,32,33,34)(H,35,36,37)(H,24,25,26,27). The zero-order chi connectivity index (χ0) is 30.7. The summed E-state index contributed by atoms with van der Waals surface area (Å²) in [4.78, 5) is 7.71. The first-order valence-electron chi connectivity index (χ1n) is 10.7. The molecule has 0 saturated carbocycles. The van der Waals surface area contributed by atoms with Crippen LogP contribution in [0.5, 0.6) is 5.75 Å². The Morgan fingerprint density at radius 3 is 2.29 bits per heavy atom. The summed E-state index contributed by atoms with van der Waals surface area (Å²) in [5.74, 6) is -1.37. The molecule has 4 rings (SSSR count). The summed E-state index contributed by atoms with van der Waals surface area (Å²) < 4.78 is 97.5. The predicted octanol–water partition coefficient (Wildman–Crippen LogP) is 4.10. The summed E-state index contributed by atoms with van der Waals surface area (Å²) in [5.41, 5.74) is -0.630. The number of nitrogens with zero attached hydrogens (tertiary/aromatic N) is 5. The van der Waals surface area contributed by atoms with Gasteiger partial charge < -0.3 is 15.7 Å². The van der Waals surface area contributed by atoms with Crippen LogP contribution in [0.2, 0.25) is 0 Å². The Kier molecular flexibility index (Phi) is 9.07. The Balaban J connectivity index is 1.81. The van der Waals surface area contributed by atoms with E-state index in [0.717, 1.165) is 24.3 Å². The normalized spacial score (nSPS) is 12.2. The van der Waals surface area contributed by atoms with Crippen molar-refractivity contribution in [1.82, 2.24) is 15.0 Å². The van der Waals surface area contributed by atoms with E-state index in [-0.39, 0.29) is 33.7 Å². The third-order valence-corrected chi connectivity index (χ3v) is 7.21. The van der Waals surface area contributed by atoms with Gasteiger partial charge in [0.1, 0.15) is 22.0 Å². The number of azo groups is 1. The highest BCUT2D eigenvalue weighted by molar-refractivity contribution is 7.94. The van der Waals surface area contributed by atoms with Crippen molar-refractivity contribution in [1.29, 1.82) is 0 Å². The third kappa shape index (κ3) is 7.37. The van der Waals surface area contributed by atoms with Crippen LogP contribution in [0.3, 0.4) is 0 Å². The van der Waals surface area contributed by atoms with E-state index in [9.17, 15) is 39.8 Å². The lowest BCUT2D eigenvalue weighted by atomic mass is 10.1. The van der Waals surface area contributed by atoms with Gasteiger partial charge in [-0.2, -0.15) is 40.6 Å². The van der Waals surface area contributed by atoms with Crippen LogP contribution in [0, 0.1) is 12.2 Å². The summed E-state index contributed by atoms with van der Waals surface area (Å²) in [6.07, 6.45) is -2.91. The van der Waals surface area contributed by atoms with E-state index in [1.165, 1.54) is 18.2 Å². The van der Waals surface area contributed by atoms with Crippen LogP contribution >= 0.6 is 12.0 Å². The van der Waals surface area contributed by atoms with E-state index < -0.39 is 59.6 Å². The fraction of sp³-hybridized carbons (Fsp3) is 0.0500. The van der Waals surface area contributed by atoms with Gasteiger partial charge in [0.05, 0.1) is 33.9 Å². The number of fused-ring (bicyclic) bond motifs is 1. The van der Waals surface area contributed by atoms with Crippen LogP contribution in [0.4, 0.5) is 37.5 Å². The van der Waals surface area contributed by atoms with Gasteiger partial charge in [-0.3, -0.25) is 9.11 Å². The second-order valence-corrected chi connectivity index (χ2v) is 11.2. The van der Waals surface area contributed by atoms with Gasteiger partial charge in [0.15, 0.2) is 0 Å². The monoisotopic (exact) mass is 647 g/mol. The molecule has 0 atom stereocenters. The number of phenolic OH excluding ortho intramolecular Hbond substituents is 1. The molecule has 42 heavy (non-hydrogen) atoms. The fourth-order valence-corrected chi connectivity index (χ4v) is 4.93. The van der Waals surface area contributed by atoms with E-state index in [1.807, 2.05) is 0 Å². The lowest BCUT2D eigenvalue weighted by molar-refractivity contribution is -0.432. The maximum Gasteiger partial charge on any atom is 0.315 e. The number of phenols is 1. The molecule has 3 aromatic carbocycles. The molecule has 0 unspecified atom stereocenters. The summed E-state index contributed by atoms with van der Waals surface area (Å²) in [6.45, 7) is 0. The molecule has 0 saturated heterocycles. The topological polar surface area (TPSA) is 255 Å². The molecule has 222 valence electrons. The highest BCUT2D eigenvalue weighted by atomic mass is 32.2. The Hall–Kier alpha value is -4.16. The molecule has 1 aromatic heterocycles. The number of nitrogens with one attached hydrogen (secondary N) is 2. The fourth-order valence-electron chi connectivity index (χ4n) is 3.44. The molecule has 22 heteroatoms. The minimum absolute atomic E-state index is 0.0658. The Morgan fingerprint density at radius 2 is 1.64 bits per heavy atom. The van der Waals surface area contributed by atoms with Crippen molar-refractivity contribution in [2.75, 3.05) is 16.5 Å².